The fraction of sp³-hybridized carbons (Fsp3) is 0.176. The van der Waals surface area contributed by atoms with Gasteiger partial charge in [-0.2, -0.15) is 8.78 Å². The number of halogens is 2. The number of amides is 1. The number of carbonyl (C=O) groups excluding carboxylic acids is 2. The summed E-state index contributed by atoms with van der Waals surface area (Å²) in [5.41, 5.74) is 0.134. The van der Waals surface area contributed by atoms with Crippen LogP contribution in [-0.2, 0) is 9.53 Å². The standard InChI is InChI=1S/C17H14F2N2O6/c1-10-8-11(6-7-13(10)21(24)25)16(23)26-9-15(22)20-12-4-2-3-5-14(12)27-17(18)19/h2-8,17H,9H2,1H3,(H,20,22). The molecule has 0 saturated heterocycles. The van der Waals surface area contributed by atoms with Crippen LogP contribution in [0.3, 0.4) is 0 Å². The summed E-state index contributed by atoms with van der Waals surface area (Å²) in [7, 11) is 0. The molecule has 0 spiro atoms. The molecule has 0 heterocycles. The highest BCUT2D eigenvalue weighted by atomic mass is 19.3. The number of nitrogens with zero attached hydrogens (tertiary/aromatic N) is 1. The van der Waals surface area contributed by atoms with Crippen LogP contribution in [0.15, 0.2) is 42.5 Å². The van der Waals surface area contributed by atoms with E-state index in [2.05, 4.69) is 10.1 Å². The van der Waals surface area contributed by atoms with Crippen LogP contribution in [0.1, 0.15) is 15.9 Å². The molecule has 10 heteroatoms. The Bertz CT molecular complexity index is 872. The van der Waals surface area contributed by atoms with E-state index in [9.17, 15) is 28.5 Å². The number of hydrogen-bond donors (Lipinski definition) is 1. The first-order chi connectivity index (χ1) is 12.8. The third kappa shape index (κ3) is 5.46. The molecule has 142 valence electrons. The summed E-state index contributed by atoms with van der Waals surface area (Å²) in [6.07, 6.45) is 0. The monoisotopic (exact) mass is 380 g/mol. The van der Waals surface area contributed by atoms with Gasteiger partial charge in [-0.3, -0.25) is 14.9 Å². The molecule has 0 atom stereocenters. The van der Waals surface area contributed by atoms with Gasteiger partial charge >= 0.3 is 12.6 Å². The lowest BCUT2D eigenvalue weighted by Crippen LogP contribution is -2.21. The second-order valence-electron chi connectivity index (χ2n) is 5.26. The molecule has 0 bridgehead atoms. The zero-order valence-corrected chi connectivity index (χ0v) is 14.0. The van der Waals surface area contributed by atoms with Gasteiger partial charge in [0.15, 0.2) is 6.61 Å². The van der Waals surface area contributed by atoms with Crippen molar-refractivity contribution in [1.82, 2.24) is 0 Å². The summed E-state index contributed by atoms with van der Waals surface area (Å²) in [5, 5.41) is 13.1. The molecular weight excluding hydrogens is 366 g/mol. The zero-order chi connectivity index (χ0) is 20.0. The third-order valence-electron chi connectivity index (χ3n) is 3.34. The number of nitro groups is 1. The summed E-state index contributed by atoms with van der Waals surface area (Å²) >= 11 is 0. The molecule has 2 aromatic rings. The number of esters is 1. The Morgan fingerprint density at radius 3 is 2.56 bits per heavy atom. The number of ether oxygens (including phenoxy) is 2. The maximum absolute atomic E-state index is 12.3. The molecule has 0 aliphatic heterocycles. The Hall–Kier alpha value is -3.56. The number of anilines is 1. The van der Waals surface area contributed by atoms with E-state index < -0.39 is 30.0 Å². The van der Waals surface area contributed by atoms with Gasteiger partial charge in [0.05, 0.1) is 16.2 Å². The van der Waals surface area contributed by atoms with Crippen molar-refractivity contribution in [2.75, 3.05) is 11.9 Å². The van der Waals surface area contributed by atoms with Crippen molar-refractivity contribution in [3.05, 3.63) is 63.7 Å². The zero-order valence-electron chi connectivity index (χ0n) is 14.0. The minimum absolute atomic E-state index is 0.00923. The molecule has 0 aliphatic carbocycles. The second kappa shape index (κ2) is 8.70. The largest absolute Gasteiger partial charge is 0.452 e. The lowest BCUT2D eigenvalue weighted by molar-refractivity contribution is -0.385. The van der Waals surface area contributed by atoms with E-state index in [0.717, 1.165) is 6.07 Å². The Labute approximate surface area is 151 Å². The number of benzene rings is 2. The number of rotatable bonds is 7. The van der Waals surface area contributed by atoms with E-state index in [0.29, 0.717) is 0 Å². The van der Waals surface area contributed by atoms with Crippen molar-refractivity contribution in [1.29, 1.82) is 0 Å². The average Bonchev–Trinajstić information content (AvgIpc) is 2.60. The van der Waals surface area contributed by atoms with E-state index in [1.165, 1.54) is 43.3 Å². The van der Waals surface area contributed by atoms with Gasteiger partial charge in [0.25, 0.3) is 11.6 Å². The lowest BCUT2D eigenvalue weighted by Gasteiger charge is -2.11. The molecule has 0 saturated carbocycles. The summed E-state index contributed by atoms with van der Waals surface area (Å²) < 4.78 is 33.8. The van der Waals surface area contributed by atoms with Crippen LogP contribution in [0.2, 0.25) is 0 Å². The van der Waals surface area contributed by atoms with Gasteiger partial charge in [0.2, 0.25) is 0 Å². The molecule has 0 radical (unpaired) electrons. The van der Waals surface area contributed by atoms with E-state index in [-0.39, 0.29) is 28.3 Å². The second-order valence-corrected chi connectivity index (χ2v) is 5.26. The molecule has 1 amide bonds. The van der Waals surface area contributed by atoms with Gasteiger partial charge in [-0.05, 0) is 31.2 Å². The van der Waals surface area contributed by atoms with Gasteiger partial charge in [-0.1, -0.05) is 12.1 Å². The minimum Gasteiger partial charge on any atom is -0.452 e. The first-order valence-electron chi connectivity index (χ1n) is 7.54. The average molecular weight is 380 g/mol. The topological polar surface area (TPSA) is 108 Å². The number of nitrogens with one attached hydrogen (secondary N) is 1. The Balaban J connectivity index is 1.97. The SMILES string of the molecule is Cc1cc(C(=O)OCC(=O)Nc2ccccc2OC(F)F)ccc1[N+](=O)[O-]. The van der Waals surface area contributed by atoms with Crippen LogP contribution in [0.25, 0.3) is 0 Å². The van der Waals surface area contributed by atoms with Gasteiger partial charge in [-0.15, -0.1) is 0 Å². The van der Waals surface area contributed by atoms with E-state index in [1.807, 2.05) is 0 Å². The number of para-hydroxylation sites is 2. The molecule has 2 aromatic carbocycles. The highest BCUT2D eigenvalue weighted by molar-refractivity contribution is 5.96. The minimum atomic E-state index is -3.06. The molecule has 0 aromatic heterocycles. The highest BCUT2D eigenvalue weighted by Crippen LogP contribution is 2.25. The van der Waals surface area contributed by atoms with Crippen molar-refractivity contribution in [2.45, 2.75) is 13.5 Å². The smallest absolute Gasteiger partial charge is 0.387 e. The number of alkyl halides is 2. The molecule has 0 aliphatic rings. The summed E-state index contributed by atoms with van der Waals surface area (Å²) in [4.78, 5) is 34.0. The fourth-order valence-corrected chi connectivity index (χ4v) is 2.16. The van der Waals surface area contributed by atoms with Crippen molar-refractivity contribution in [2.24, 2.45) is 0 Å². The highest BCUT2D eigenvalue weighted by Gasteiger charge is 2.17. The van der Waals surface area contributed by atoms with E-state index >= 15 is 0 Å². The van der Waals surface area contributed by atoms with Gasteiger partial charge < -0.3 is 14.8 Å². The maximum atomic E-state index is 12.3. The van der Waals surface area contributed by atoms with Crippen molar-refractivity contribution < 1.29 is 32.8 Å². The van der Waals surface area contributed by atoms with Crippen LogP contribution < -0.4 is 10.1 Å². The summed E-state index contributed by atoms with van der Waals surface area (Å²) in [5.74, 6) is -1.87. The van der Waals surface area contributed by atoms with Gasteiger partial charge in [-0.25, -0.2) is 4.79 Å². The Morgan fingerprint density at radius 1 is 1.22 bits per heavy atom. The van der Waals surface area contributed by atoms with Crippen molar-refractivity contribution in [3.8, 4) is 5.75 Å². The molecule has 27 heavy (non-hydrogen) atoms. The maximum Gasteiger partial charge on any atom is 0.387 e. The third-order valence-corrected chi connectivity index (χ3v) is 3.34. The lowest BCUT2D eigenvalue weighted by atomic mass is 10.1. The van der Waals surface area contributed by atoms with Crippen LogP contribution in [0.4, 0.5) is 20.2 Å². The predicted molar refractivity (Wildman–Crippen MR) is 89.8 cm³/mol. The number of nitro benzene ring substituents is 1. The summed E-state index contributed by atoms with van der Waals surface area (Å²) in [6, 6.07) is 9.17. The first kappa shape index (κ1) is 19.8. The molecular formula is C17H14F2N2O6. The molecule has 0 unspecified atom stereocenters. The number of hydrogen-bond acceptors (Lipinski definition) is 6. The predicted octanol–water partition coefficient (Wildman–Crippen LogP) is 3.30. The molecule has 1 N–H and O–H groups in total. The number of carbonyl (C=O) groups is 2. The Morgan fingerprint density at radius 2 is 1.93 bits per heavy atom. The van der Waals surface area contributed by atoms with Gasteiger partial charge in [0, 0.05) is 11.6 Å². The van der Waals surface area contributed by atoms with Crippen LogP contribution >= 0.6 is 0 Å². The van der Waals surface area contributed by atoms with Crippen LogP contribution in [0.5, 0.6) is 5.75 Å². The number of aryl methyl sites for hydroxylation is 1. The van der Waals surface area contributed by atoms with Crippen molar-refractivity contribution in [3.63, 3.8) is 0 Å². The summed E-state index contributed by atoms with van der Waals surface area (Å²) in [6.45, 7) is -2.29. The quantitative estimate of drug-likeness (QED) is 0.449. The molecule has 0 fully saturated rings. The normalized spacial score (nSPS) is 10.4. The molecule has 8 nitrogen and oxygen atoms in total. The van der Waals surface area contributed by atoms with Gasteiger partial charge in [0.1, 0.15) is 5.75 Å². The van der Waals surface area contributed by atoms with Crippen LogP contribution in [0, 0.1) is 17.0 Å². The van der Waals surface area contributed by atoms with E-state index in [4.69, 9.17) is 4.74 Å². The Kier molecular flexibility index (Phi) is 6.36. The molecule has 2 rings (SSSR count). The fourth-order valence-electron chi connectivity index (χ4n) is 2.16. The van der Waals surface area contributed by atoms with E-state index in [1.54, 1.807) is 0 Å². The van der Waals surface area contributed by atoms with Crippen molar-refractivity contribution >= 4 is 23.3 Å². The first-order valence-corrected chi connectivity index (χ1v) is 7.54. The van der Waals surface area contributed by atoms with Crippen LogP contribution in [-0.4, -0.2) is 30.0 Å².